The topological polar surface area (TPSA) is 63.6 Å². The zero-order valence-corrected chi connectivity index (χ0v) is 9.28. The summed E-state index contributed by atoms with van der Waals surface area (Å²) in [5.74, 6) is 0.105. The molecule has 1 aromatic carbocycles. The molecule has 15 heavy (non-hydrogen) atoms. The number of hydrogen-bond acceptors (Lipinski definition) is 4. The molecule has 0 bridgehead atoms. The maximum Gasteiger partial charge on any atom is 0.298 e. The van der Waals surface area contributed by atoms with Crippen molar-refractivity contribution in [3.05, 3.63) is 22.9 Å². The van der Waals surface area contributed by atoms with Crippen LogP contribution in [0.4, 0.5) is 0 Å². The number of ether oxygens (including phenoxy) is 1. The van der Waals surface area contributed by atoms with Gasteiger partial charge >= 0.3 is 0 Å². The molecule has 0 saturated carbocycles. The molecule has 2 aromatic rings. The van der Waals surface area contributed by atoms with Gasteiger partial charge in [-0.3, -0.25) is 4.55 Å². The highest BCUT2D eigenvalue weighted by atomic mass is 32.2. The van der Waals surface area contributed by atoms with Crippen molar-refractivity contribution in [2.24, 2.45) is 0 Å². The van der Waals surface area contributed by atoms with Crippen LogP contribution in [0.2, 0.25) is 0 Å². The van der Waals surface area contributed by atoms with Crippen LogP contribution < -0.4 is 4.74 Å². The lowest BCUT2D eigenvalue weighted by Crippen LogP contribution is -2.01. The molecule has 4 nitrogen and oxygen atoms in total. The van der Waals surface area contributed by atoms with Gasteiger partial charge in [-0.05, 0) is 12.1 Å². The lowest BCUT2D eigenvalue weighted by Gasteiger charge is -2.05. The van der Waals surface area contributed by atoms with Gasteiger partial charge in [-0.1, -0.05) is 0 Å². The fraction of sp³-hybridized carbons (Fsp3) is 0.111. The number of thiophene rings is 1. The average molecular weight is 242 g/mol. The first-order valence-electron chi connectivity index (χ1n) is 3.90. The molecule has 0 atom stereocenters. The Morgan fingerprint density at radius 2 is 1.93 bits per heavy atom. The van der Waals surface area contributed by atoms with Crippen LogP contribution in [0.1, 0.15) is 0 Å². The first-order chi connectivity index (χ1) is 7.02. The molecule has 2 radical (unpaired) electrons. The smallest absolute Gasteiger partial charge is 0.298 e. The molecule has 0 fully saturated rings. The van der Waals surface area contributed by atoms with Crippen molar-refractivity contribution >= 4 is 32.2 Å². The van der Waals surface area contributed by atoms with Gasteiger partial charge in [0, 0.05) is 10.8 Å². The Morgan fingerprint density at radius 1 is 1.33 bits per heavy atom. The summed E-state index contributed by atoms with van der Waals surface area (Å²) in [6, 6.07) is 2.82. The summed E-state index contributed by atoms with van der Waals surface area (Å²) < 4.78 is 35.9. The molecule has 0 aliphatic heterocycles. The molecular formula is C9H6O4S2. The maximum atomic E-state index is 11.0. The summed E-state index contributed by atoms with van der Waals surface area (Å²) in [5.41, 5.74) is 0. The van der Waals surface area contributed by atoms with E-state index in [-0.39, 0.29) is 10.6 Å². The summed E-state index contributed by atoms with van der Waals surface area (Å²) >= 11 is 1.21. The zero-order valence-electron chi connectivity index (χ0n) is 7.64. The number of benzene rings is 1. The third kappa shape index (κ3) is 1.83. The molecule has 0 aliphatic carbocycles. The van der Waals surface area contributed by atoms with Crippen LogP contribution in [0.3, 0.4) is 0 Å². The average Bonchev–Trinajstić information content (AvgIpc) is 2.60. The predicted octanol–water partition coefficient (Wildman–Crippen LogP) is 1.76. The Hall–Kier alpha value is -1.11. The van der Waals surface area contributed by atoms with E-state index in [4.69, 9.17) is 9.29 Å². The second-order valence-corrected chi connectivity index (χ2v) is 4.83. The van der Waals surface area contributed by atoms with Crippen molar-refractivity contribution in [2.75, 3.05) is 7.11 Å². The van der Waals surface area contributed by atoms with E-state index >= 15 is 0 Å². The molecule has 1 heterocycles. The molecule has 6 heteroatoms. The molecule has 1 aromatic heterocycles. The Morgan fingerprint density at radius 3 is 2.47 bits per heavy atom. The normalized spacial score (nSPS) is 11.9. The standard InChI is InChI=1S/C9H6O4S2/c1-13-8-2-6-4-14-5-7(6)3-9(8)15(10,11)12/h2-3H,1H3,(H,10,11,12). The van der Waals surface area contributed by atoms with E-state index < -0.39 is 10.1 Å². The van der Waals surface area contributed by atoms with Crippen LogP contribution in [-0.2, 0) is 10.1 Å². The summed E-state index contributed by atoms with van der Waals surface area (Å²) in [7, 11) is -2.93. The summed E-state index contributed by atoms with van der Waals surface area (Å²) in [6.07, 6.45) is 0. The van der Waals surface area contributed by atoms with E-state index in [2.05, 4.69) is 10.8 Å². The molecule has 0 saturated heterocycles. The van der Waals surface area contributed by atoms with E-state index in [0.29, 0.717) is 10.8 Å². The fourth-order valence-electron chi connectivity index (χ4n) is 1.23. The van der Waals surface area contributed by atoms with E-state index in [9.17, 15) is 8.42 Å². The van der Waals surface area contributed by atoms with Crippen molar-refractivity contribution in [1.29, 1.82) is 0 Å². The third-order valence-electron chi connectivity index (χ3n) is 1.90. The first-order valence-corrected chi connectivity index (χ1v) is 6.15. The molecule has 2 rings (SSSR count). The summed E-state index contributed by atoms with van der Waals surface area (Å²) in [6.45, 7) is 0. The van der Waals surface area contributed by atoms with Crippen LogP contribution in [-0.4, -0.2) is 20.1 Å². The Balaban J connectivity index is 2.81. The molecule has 0 spiro atoms. The van der Waals surface area contributed by atoms with Gasteiger partial charge in [0.15, 0.2) is 0 Å². The maximum absolute atomic E-state index is 11.0. The van der Waals surface area contributed by atoms with Crippen molar-refractivity contribution in [2.45, 2.75) is 4.90 Å². The number of hydrogen-bond donors (Lipinski definition) is 1. The first kappa shape index (κ1) is 10.4. The Bertz CT molecular complexity index is 598. The number of methoxy groups -OCH3 is 1. The lowest BCUT2D eigenvalue weighted by molar-refractivity contribution is 0.398. The van der Waals surface area contributed by atoms with Gasteiger partial charge in [0.1, 0.15) is 10.6 Å². The fourth-order valence-corrected chi connectivity index (χ4v) is 2.50. The van der Waals surface area contributed by atoms with Gasteiger partial charge in [-0.15, -0.1) is 11.3 Å². The molecule has 0 unspecified atom stereocenters. The third-order valence-corrected chi connectivity index (χ3v) is 3.42. The predicted molar refractivity (Wildman–Crippen MR) is 55.9 cm³/mol. The molecule has 78 valence electrons. The van der Waals surface area contributed by atoms with Crippen LogP contribution in [0, 0.1) is 10.8 Å². The second kappa shape index (κ2) is 3.48. The van der Waals surface area contributed by atoms with Gasteiger partial charge in [0.25, 0.3) is 10.1 Å². The second-order valence-electron chi connectivity index (χ2n) is 2.83. The van der Waals surface area contributed by atoms with E-state index in [1.807, 2.05) is 0 Å². The minimum Gasteiger partial charge on any atom is -0.495 e. The summed E-state index contributed by atoms with van der Waals surface area (Å²) in [5, 5.41) is 7.04. The van der Waals surface area contributed by atoms with E-state index in [1.165, 1.54) is 30.6 Å². The highest BCUT2D eigenvalue weighted by molar-refractivity contribution is 7.86. The highest BCUT2D eigenvalue weighted by Crippen LogP contribution is 2.30. The molecular weight excluding hydrogens is 236 g/mol. The molecule has 0 amide bonds. The van der Waals surface area contributed by atoms with Crippen LogP contribution in [0.5, 0.6) is 5.75 Å². The minimum atomic E-state index is -4.27. The van der Waals surface area contributed by atoms with Gasteiger partial charge in [-0.2, -0.15) is 8.42 Å². The number of fused-ring (bicyclic) bond motifs is 1. The van der Waals surface area contributed by atoms with E-state index in [0.717, 1.165) is 0 Å². The van der Waals surface area contributed by atoms with Gasteiger partial charge in [0.2, 0.25) is 0 Å². The quantitative estimate of drug-likeness (QED) is 0.815. The van der Waals surface area contributed by atoms with E-state index in [1.54, 1.807) is 0 Å². The monoisotopic (exact) mass is 242 g/mol. The van der Waals surface area contributed by atoms with Crippen molar-refractivity contribution in [3.63, 3.8) is 0 Å². The van der Waals surface area contributed by atoms with Gasteiger partial charge in [0.05, 0.1) is 17.9 Å². The Kier molecular flexibility index (Phi) is 2.41. The largest absolute Gasteiger partial charge is 0.495 e. The number of rotatable bonds is 2. The molecule has 0 aliphatic rings. The summed E-state index contributed by atoms with van der Waals surface area (Å²) in [4.78, 5) is -0.249. The Labute approximate surface area is 90.9 Å². The minimum absolute atomic E-state index is 0.105. The molecule has 1 N–H and O–H groups in total. The lowest BCUT2D eigenvalue weighted by atomic mass is 10.2. The van der Waals surface area contributed by atoms with Crippen molar-refractivity contribution in [3.8, 4) is 5.75 Å². The SMILES string of the molecule is COc1cc2[c]s[c]c2cc1S(=O)(=O)O. The van der Waals surface area contributed by atoms with Crippen molar-refractivity contribution < 1.29 is 17.7 Å². The van der Waals surface area contributed by atoms with Crippen LogP contribution >= 0.6 is 11.3 Å². The zero-order chi connectivity index (χ0) is 11.1. The highest BCUT2D eigenvalue weighted by Gasteiger charge is 2.17. The van der Waals surface area contributed by atoms with Crippen LogP contribution in [0.15, 0.2) is 17.0 Å². The van der Waals surface area contributed by atoms with Gasteiger partial charge < -0.3 is 4.74 Å². The van der Waals surface area contributed by atoms with Crippen molar-refractivity contribution in [1.82, 2.24) is 0 Å². The van der Waals surface area contributed by atoms with Gasteiger partial charge in [-0.25, -0.2) is 0 Å². The van der Waals surface area contributed by atoms with Crippen LogP contribution in [0.25, 0.3) is 10.8 Å².